The van der Waals surface area contributed by atoms with Crippen molar-refractivity contribution in [3.63, 3.8) is 0 Å². The van der Waals surface area contributed by atoms with Gasteiger partial charge in [0.15, 0.2) is 0 Å². The van der Waals surface area contributed by atoms with Crippen molar-refractivity contribution in [3.05, 3.63) is 51.2 Å². The summed E-state index contributed by atoms with van der Waals surface area (Å²) < 4.78 is 5.03. The number of nitrogens with one attached hydrogen (secondary N) is 1. The smallest absolute Gasteiger partial charge is 0.257 e. The highest BCUT2D eigenvalue weighted by Gasteiger charge is 2.12. The molecule has 2 aromatic rings. The van der Waals surface area contributed by atoms with Crippen LogP contribution in [-0.4, -0.2) is 18.0 Å². The Hall–Kier alpha value is -1.49. The number of halogens is 3. The molecule has 7 heteroatoms. The third-order valence-electron chi connectivity index (χ3n) is 2.48. The molecule has 1 aromatic carbocycles. The van der Waals surface area contributed by atoms with Crippen molar-refractivity contribution >= 4 is 46.4 Å². The van der Waals surface area contributed by atoms with E-state index in [9.17, 15) is 4.79 Å². The van der Waals surface area contributed by atoms with Crippen LogP contribution in [0.5, 0.6) is 5.75 Å². The van der Waals surface area contributed by atoms with Crippen LogP contribution in [0, 0.1) is 0 Å². The molecule has 0 aliphatic rings. The lowest BCUT2D eigenvalue weighted by Gasteiger charge is -2.09. The van der Waals surface area contributed by atoms with Gasteiger partial charge in [0.25, 0.3) is 5.91 Å². The molecule has 1 heterocycles. The van der Waals surface area contributed by atoms with Gasteiger partial charge in [-0.2, -0.15) is 0 Å². The first kappa shape index (κ1) is 14.9. The summed E-state index contributed by atoms with van der Waals surface area (Å²) >= 11 is 17.6. The summed E-state index contributed by atoms with van der Waals surface area (Å²) in [6, 6.07) is 6.29. The first-order valence-electron chi connectivity index (χ1n) is 5.47. The molecule has 0 radical (unpaired) electrons. The van der Waals surface area contributed by atoms with E-state index in [-0.39, 0.29) is 15.7 Å². The molecule has 4 nitrogen and oxygen atoms in total. The summed E-state index contributed by atoms with van der Waals surface area (Å²) in [5.74, 6) is 0.121. The van der Waals surface area contributed by atoms with E-state index in [0.29, 0.717) is 16.5 Å². The molecule has 0 saturated carbocycles. The number of anilines is 1. The van der Waals surface area contributed by atoms with Gasteiger partial charge in [0, 0.05) is 11.9 Å². The lowest BCUT2D eigenvalue weighted by molar-refractivity contribution is 0.102. The highest BCUT2D eigenvalue weighted by atomic mass is 35.5. The molecule has 20 heavy (non-hydrogen) atoms. The van der Waals surface area contributed by atoms with Gasteiger partial charge in [-0.25, -0.2) is 4.98 Å². The number of amides is 1. The number of nitrogens with zero attached hydrogens (tertiary/aromatic N) is 1. The quantitative estimate of drug-likeness (QED) is 0.853. The third-order valence-corrected chi connectivity index (χ3v) is 3.28. The van der Waals surface area contributed by atoms with Crippen LogP contribution in [0.2, 0.25) is 15.2 Å². The highest BCUT2D eigenvalue weighted by molar-refractivity contribution is 6.35. The number of hydrogen-bond acceptors (Lipinski definition) is 3. The summed E-state index contributed by atoms with van der Waals surface area (Å²) in [6.45, 7) is 0. The zero-order valence-electron chi connectivity index (χ0n) is 10.3. The Labute approximate surface area is 130 Å². The molecule has 0 saturated heterocycles. The lowest BCUT2D eigenvalue weighted by Crippen LogP contribution is -2.12. The molecule has 104 valence electrons. The van der Waals surface area contributed by atoms with Crippen LogP contribution < -0.4 is 10.1 Å². The van der Waals surface area contributed by atoms with E-state index in [0.717, 1.165) is 0 Å². The topological polar surface area (TPSA) is 51.2 Å². The molecule has 1 N–H and O–H groups in total. The molecule has 2 rings (SSSR count). The average molecular weight is 332 g/mol. The maximum Gasteiger partial charge on any atom is 0.257 e. The molecular formula is C13H9Cl3N2O2. The second-order valence-corrected chi connectivity index (χ2v) is 4.99. The van der Waals surface area contributed by atoms with Crippen LogP contribution in [0.15, 0.2) is 30.5 Å². The molecule has 0 aliphatic heterocycles. The number of benzene rings is 1. The van der Waals surface area contributed by atoms with Gasteiger partial charge in [-0.15, -0.1) is 0 Å². The number of ether oxygens (including phenoxy) is 1. The standard InChI is InChI=1S/C13H9Cl3N2O2/c1-20-11-3-2-7(4-9(11)14)18-13(19)8-5-12(16)17-6-10(8)15/h2-6H,1H3,(H,18,19). The van der Waals surface area contributed by atoms with E-state index in [1.54, 1.807) is 18.2 Å². The monoisotopic (exact) mass is 330 g/mol. The number of carbonyl (C=O) groups excluding carboxylic acids is 1. The fourth-order valence-corrected chi connectivity index (χ4v) is 2.13. The Morgan fingerprint density at radius 3 is 2.60 bits per heavy atom. The predicted molar refractivity (Wildman–Crippen MR) is 80.2 cm³/mol. The van der Waals surface area contributed by atoms with Gasteiger partial charge in [0.05, 0.1) is 22.7 Å². The van der Waals surface area contributed by atoms with Crippen LogP contribution >= 0.6 is 34.8 Å². The highest BCUT2D eigenvalue weighted by Crippen LogP contribution is 2.28. The third kappa shape index (κ3) is 3.33. The molecule has 0 bridgehead atoms. The van der Waals surface area contributed by atoms with Gasteiger partial charge in [0.2, 0.25) is 0 Å². The zero-order valence-corrected chi connectivity index (χ0v) is 12.6. The van der Waals surface area contributed by atoms with Crippen molar-refractivity contribution in [2.75, 3.05) is 12.4 Å². The van der Waals surface area contributed by atoms with Gasteiger partial charge in [-0.1, -0.05) is 34.8 Å². The maximum absolute atomic E-state index is 12.1. The SMILES string of the molecule is COc1ccc(NC(=O)c2cc(Cl)ncc2Cl)cc1Cl. The van der Waals surface area contributed by atoms with Crippen molar-refractivity contribution in [3.8, 4) is 5.75 Å². The number of carbonyl (C=O) groups is 1. The number of hydrogen-bond donors (Lipinski definition) is 1. The largest absolute Gasteiger partial charge is 0.495 e. The van der Waals surface area contributed by atoms with Gasteiger partial charge >= 0.3 is 0 Å². The zero-order chi connectivity index (χ0) is 14.7. The Balaban J connectivity index is 2.23. The van der Waals surface area contributed by atoms with Crippen molar-refractivity contribution < 1.29 is 9.53 Å². The minimum atomic E-state index is -0.402. The molecular weight excluding hydrogens is 323 g/mol. The van der Waals surface area contributed by atoms with Crippen molar-refractivity contribution in [1.82, 2.24) is 4.98 Å². The van der Waals surface area contributed by atoms with E-state index in [2.05, 4.69) is 10.3 Å². The summed E-state index contributed by atoms with van der Waals surface area (Å²) in [4.78, 5) is 15.9. The Kier molecular flexibility index (Phi) is 4.70. The van der Waals surface area contributed by atoms with Gasteiger partial charge in [-0.3, -0.25) is 4.79 Å². The summed E-state index contributed by atoms with van der Waals surface area (Å²) in [5.41, 5.74) is 0.753. The van der Waals surface area contributed by atoms with Crippen LogP contribution in [0.25, 0.3) is 0 Å². The summed E-state index contributed by atoms with van der Waals surface area (Å²) in [7, 11) is 1.51. The molecule has 0 unspecified atom stereocenters. The van der Waals surface area contributed by atoms with Gasteiger partial charge < -0.3 is 10.1 Å². The van der Waals surface area contributed by atoms with E-state index in [1.807, 2.05) is 0 Å². The van der Waals surface area contributed by atoms with Crippen molar-refractivity contribution in [2.45, 2.75) is 0 Å². The first-order valence-corrected chi connectivity index (χ1v) is 6.60. The Bertz CT molecular complexity index is 662. The minimum absolute atomic E-state index is 0.187. The van der Waals surface area contributed by atoms with Crippen LogP contribution in [-0.2, 0) is 0 Å². The van der Waals surface area contributed by atoms with Gasteiger partial charge in [0.1, 0.15) is 10.9 Å². The molecule has 0 aliphatic carbocycles. The summed E-state index contributed by atoms with van der Waals surface area (Å²) in [6.07, 6.45) is 1.32. The normalized spacial score (nSPS) is 10.2. The summed E-state index contributed by atoms with van der Waals surface area (Å²) in [5, 5.41) is 3.46. The predicted octanol–water partition coefficient (Wildman–Crippen LogP) is 4.30. The van der Waals surface area contributed by atoms with E-state index in [4.69, 9.17) is 39.5 Å². The number of rotatable bonds is 3. The van der Waals surface area contributed by atoms with Crippen molar-refractivity contribution in [1.29, 1.82) is 0 Å². The molecule has 1 aromatic heterocycles. The second-order valence-electron chi connectivity index (χ2n) is 3.79. The fraction of sp³-hybridized carbons (Fsp3) is 0.0769. The van der Waals surface area contributed by atoms with Crippen LogP contribution in [0.1, 0.15) is 10.4 Å². The lowest BCUT2D eigenvalue weighted by atomic mass is 10.2. The van der Waals surface area contributed by atoms with E-state index < -0.39 is 5.91 Å². The Morgan fingerprint density at radius 2 is 1.95 bits per heavy atom. The molecule has 0 atom stereocenters. The van der Waals surface area contributed by atoms with Crippen molar-refractivity contribution in [2.24, 2.45) is 0 Å². The van der Waals surface area contributed by atoms with E-state index in [1.165, 1.54) is 19.4 Å². The van der Waals surface area contributed by atoms with Crippen LogP contribution in [0.3, 0.4) is 0 Å². The first-order chi connectivity index (χ1) is 9.51. The number of methoxy groups -OCH3 is 1. The average Bonchev–Trinajstić information content (AvgIpc) is 2.41. The Morgan fingerprint density at radius 1 is 1.20 bits per heavy atom. The van der Waals surface area contributed by atoms with Crippen LogP contribution in [0.4, 0.5) is 5.69 Å². The second kappa shape index (κ2) is 6.31. The molecule has 1 amide bonds. The fourth-order valence-electron chi connectivity index (χ4n) is 1.53. The molecule has 0 spiro atoms. The number of aromatic nitrogens is 1. The maximum atomic E-state index is 12.1. The molecule has 0 fully saturated rings. The van der Waals surface area contributed by atoms with E-state index >= 15 is 0 Å². The minimum Gasteiger partial charge on any atom is -0.495 e. The number of pyridine rings is 1. The van der Waals surface area contributed by atoms with Gasteiger partial charge in [-0.05, 0) is 24.3 Å².